The molecule has 0 aliphatic carbocycles. The Morgan fingerprint density at radius 2 is 2.08 bits per heavy atom. The van der Waals surface area contributed by atoms with Crippen molar-refractivity contribution in [2.75, 3.05) is 13.7 Å². The van der Waals surface area contributed by atoms with Crippen LogP contribution in [-0.2, 0) is 0 Å². The van der Waals surface area contributed by atoms with Gasteiger partial charge in [-0.25, -0.2) is 0 Å². The first-order chi connectivity index (χ1) is 12.0. The largest absolute Gasteiger partial charge is 0.508 e. The highest BCUT2D eigenvalue weighted by Crippen LogP contribution is 2.37. The fourth-order valence-corrected chi connectivity index (χ4v) is 2.91. The second kappa shape index (κ2) is 8.76. The van der Waals surface area contributed by atoms with Gasteiger partial charge in [0.2, 0.25) is 0 Å². The molecule has 0 bridgehead atoms. The minimum absolute atomic E-state index is 0.167. The van der Waals surface area contributed by atoms with Gasteiger partial charge in [0.15, 0.2) is 11.5 Å². The minimum Gasteiger partial charge on any atom is -0.508 e. The molecular weight excluding hydrogens is 386 g/mol. The van der Waals surface area contributed by atoms with E-state index in [2.05, 4.69) is 21.2 Å². The van der Waals surface area contributed by atoms with Gasteiger partial charge in [0.25, 0.3) is 5.91 Å². The van der Waals surface area contributed by atoms with Gasteiger partial charge in [-0.05, 0) is 59.1 Å². The normalized spacial score (nSPS) is 11.7. The highest BCUT2D eigenvalue weighted by molar-refractivity contribution is 9.10. The van der Waals surface area contributed by atoms with Crippen LogP contribution in [0.25, 0.3) is 0 Å². The van der Waals surface area contributed by atoms with Crippen LogP contribution in [-0.4, -0.2) is 24.7 Å². The average Bonchev–Trinajstić information content (AvgIpc) is 2.59. The quantitative estimate of drug-likeness (QED) is 0.711. The number of carbonyl (C=O) groups is 1. The van der Waals surface area contributed by atoms with Gasteiger partial charge in [-0.15, -0.1) is 0 Å². The maximum absolute atomic E-state index is 12.6. The summed E-state index contributed by atoms with van der Waals surface area (Å²) < 4.78 is 11.7. The third-order valence-electron chi connectivity index (χ3n) is 3.66. The number of rotatable bonds is 7. The van der Waals surface area contributed by atoms with E-state index in [1.165, 1.54) is 7.11 Å². The van der Waals surface area contributed by atoms with Crippen LogP contribution in [0.4, 0.5) is 0 Å². The Morgan fingerprint density at radius 3 is 2.72 bits per heavy atom. The van der Waals surface area contributed by atoms with Gasteiger partial charge in [0.05, 0.1) is 24.2 Å². The second-order valence-corrected chi connectivity index (χ2v) is 6.48. The van der Waals surface area contributed by atoms with Gasteiger partial charge < -0.3 is 19.9 Å². The van der Waals surface area contributed by atoms with Gasteiger partial charge in [0, 0.05) is 5.56 Å². The molecule has 2 rings (SSSR count). The summed E-state index contributed by atoms with van der Waals surface area (Å²) in [5.74, 6) is 1.01. The molecule has 0 aromatic heterocycles. The number of phenolic OH excluding ortho intramolecular Hbond substituents is 1. The second-order valence-electron chi connectivity index (χ2n) is 5.63. The molecule has 134 valence electrons. The molecule has 2 aromatic carbocycles. The van der Waals surface area contributed by atoms with Crippen LogP contribution in [0.5, 0.6) is 17.2 Å². The molecule has 1 atom stereocenters. The molecule has 2 N–H and O–H groups in total. The SMILES string of the molecule is CCCOc1c(Br)cc(C(=O)NC(C)c2cccc(O)c2)cc1OC. The molecule has 0 aliphatic heterocycles. The predicted octanol–water partition coefficient (Wildman–Crippen LogP) is 4.44. The van der Waals surface area contributed by atoms with E-state index >= 15 is 0 Å². The van der Waals surface area contributed by atoms with Crippen molar-refractivity contribution in [1.82, 2.24) is 5.32 Å². The molecule has 0 saturated carbocycles. The van der Waals surface area contributed by atoms with Crippen LogP contribution < -0.4 is 14.8 Å². The lowest BCUT2D eigenvalue weighted by Crippen LogP contribution is -2.26. The number of carbonyl (C=O) groups excluding carboxylic acids is 1. The molecule has 0 heterocycles. The van der Waals surface area contributed by atoms with Crippen molar-refractivity contribution in [1.29, 1.82) is 0 Å². The fourth-order valence-electron chi connectivity index (χ4n) is 2.35. The molecule has 1 unspecified atom stereocenters. The van der Waals surface area contributed by atoms with E-state index in [0.29, 0.717) is 28.1 Å². The van der Waals surface area contributed by atoms with Crippen molar-refractivity contribution < 1.29 is 19.4 Å². The van der Waals surface area contributed by atoms with E-state index in [9.17, 15) is 9.90 Å². The van der Waals surface area contributed by atoms with Crippen molar-refractivity contribution in [3.05, 3.63) is 52.0 Å². The Hall–Kier alpha value is -2.21. The Kier molecular flexibility index (Phi) is 6.70. The summed E-state index contributed by atoms with van der Waals surface area (Å²) >= 11 is 3.44. The molecule has 0 radical (unpaired) electrons. The highest BCUT2D eigenvalue weighted by atomic mass is 79.9. The van der Waals surface area contributed by atoms with E-state index in [4.69, 9.17) is 9.47 Å². The first-order valence-corrected chi connectivity index (χ1v) is 8.85. The summed E-state index contributed by atoms with van der Waals surface area (Å²) in [7, 11) is 1.54. The summed E-state index contributed by atoms with van der Waals surface area (Å²) in [5, 5.41) is 12.5. The molecule has 2 aromatic rings. The molecule has 6 heteroatoms. The number of nitrogens with one attached hydrogen (secondary N) is 1. The lowest BCUT2D eigenvalue weighted by Gasteiger charge is -2.17. The predicted molar refractivity (Wildman–Crippen MR) is 100 cm³/mol. The molecule has 0 fully saturated rings. The van der Waals surface area contributed by atoms with Crippen molar-refractivity contribution in [3.8, 4) is 17.2 Å². The molecule has 5 nitrogen and oxygen atoms in total. The highest BCUT2D eigenvalue weighted by Gasteiger charge is 2.17. The maximum Gasteiger partial charge on any atom is 0.251 e. The zero-order valence-corrected chi connectivity index (χ0v) is 16.1. The first-order valence-electron chi connectivity index (χ1n) is 8.06. The van der Waals surface area contributed by atoms with E-state index in [1.807, 2.05) is 19.9 Å². The zero-order chi connectivity index (χ0) is 18.4. The lowest BCUT2D eigenvalue weighted by molar-refractivity contribution is 0.0939. The number of amides is 1. The van der Waals surface area contributed by atoms with Crippen LogP contribution in [0.2, 0.25) is 0 Å². The number of ether oxygens (including phenoxy) is 2. The van der Waals surface area contributed by atoms with Crippen molar-refractivity contribution >= 4 is 21.8 Å². The number of aromatic hydroxyl groups is 1. The molecule has 25 heavy (non-hydrogen) atoms. The van der Waals surface area contributed by atoms with Crippen molar-refractivity contribution in [2.24, 2.45) is 0 Å². The van der Waals surface area contributed by atoms with Gasteiger partial charge in [-0.3, -0.25) is 4.79 Å². The maximum atomic E-state index is 12.6. The lowest BCUT2D eigenvalue weighted by atomic mass is 10.1. The van der Waals surface area contributed by atoms with E-state index in [-0.39, 0.29) is 17.7 Å². The Bertz CT molecular complexity index is 748. The van der Waals surface area contributed by atoms with Crippen molar-refractivity contribution in [3.63, 3.8) is 0 Å². The third kappa shape index (κ3) is 4.89. The Morgan fingerprint density at radius 1 is 1.32 bits per heavy atom. The van der Waals surface area contributed by atoms with Gasteiger partial charge in [-0.1, -0.05) is 19.1 Å². The van der Waals surface area contributed by atoms with Gasteiger partial charge >= 0.3 is 0 Å². The van der Waals surface area contributed by atoms with E-state index in [0.717, 1.165) is 12.0 Å². The number of halogens is 1. The standard InChI is InChI=1S/C19H22BrNO4/c1-4-8-25-18-16(20)10-14(11-17(18)24-3)19(23)21-12(2)13-6-5-7-15(22)9-13/h5-7,9-12,22H,4,8H2,1-3H3,(H,21,23). The monoisotopic (exact) mass is 407 g/mol. The summed E-state index contributed by atoms with van der Waals surface area (Å²) in [4.78, 5) is 12.6. The summed E-state index contributed by atoms with van der Waals surface area (Å²) in [6.45, 7) is 4.44. The number of methoxy groups -OCH3 is 1. The number of hydrogen-bond donors (Lipinski definition) is 2. The number of benzene rings is 2. The van der Waals surface area contributed by atoms with Crippen LogP contribution in [0.15, 0.2) is 40.9 Å². The minimum atomic E-state index is -0.250. The van der Waals surface area contributed by atoms with Crippen LogP contribution >= 0.6 is 15.9 Å². The molecule has 1 amide bonds. The topological polar surface area (TPSA) is 67.8 Å². The number of phenols is 1. The van der Waals surface area contributed by atoms with E-state index in [1.54, 1.807) is 30.3 Å². The summed E-state index contributed by atoms with van der Waals surface area (Å²) in [5.41, 5.74) is 1.28. The van der Waals surface area contributed by atoms with Gasteiger partial charge in [-0.2, -0.15) is 0 Å². The van der Waals surface area contributed by atoms with Gasteiger partial charge in [0.1, 0.15) is 5.75 Å². The van der Waals surface area contributed by atoms with E-state index < -0.39 is 0 Å². The van der Waals surface area contributed by atoms with Crippen LogP contribution in [0.3, 0.4) is 0 Å². The molecule has 0 spiro atoms. The smallest absolute Gasteiger partial charge is 0.251 e. The summed E-state index contributed by atoms with van der Waals surface area (Å²) in [6, 6.07) is 9.92. The molecular formula is C19H22BrNO4. The van der Waals surface area contributed by atoms with Crippen LogP contribution in [0.1, 0.15) is 42.2 Å². The van der Waals surface area contributed by atoms with Crippen molar-refractivity contribution in [2.45, 2.75) is 26.3 Å². The molecule has 0 aliphatic rings. The zero-order valence-electron chi connectivity index (χ0n) is 14.5. The van der Waals surface area contributed by atoms with Crippen LogP contribution in [0, 0.1) is 0 Å². The first kappa shape index (κ1) is 19.1. The molecule has 0 saturated heterocycles. The third-order valence-corrected chi connectivity index (χ3v) is 4.25. The fraction of sp³-hybridized carbons (Fsp3) is 0.316. The Labute approximate surface area is 156 Å². The summed E-state index contributed by atoms with van der Waals surface area (Å²) in [6.07, 6.45) is 0.874. The Balaban J connectivity index is 2.20. The number of hydrogen-bond acceptors (Lipinski definition) is 4. The average molecular weight is 408 g/mol.